The smallest absolute Gasteiger partial charge is 0.281 e. The minimum absolute atomic E-state index is 0.199. The number of likely N-dealkylation sites (tertiary alicyclic amines) is 1. The zero-order chi connectivity index (χ0) is 21.5. The first-order valence-electron chi connectivity index (χ1n) is 10.7. The van der Waals surface area contributed by atoms with Gasteiger partial charge < -0.3 is 4.90 Å². The van der Waals surface area contributed by atoms with Gasteiger partial charge in [-0.2, -0.15) is 0 Å². The summed E-state index contributed by atoms with van der Waals surface area (Å²) in [5.74, 6) is 0.0132. The molecule has 0 radical (unpaired) electrons. The normalized spacial score (nSPS) is 17.1. The Kier molecular flexibility index (Phi) is 5.09. The van der Waals surface area contributed by atoms with Crippen LogP contribution in [-0.2, 0) is 9.59 Å². The number of amides is 2. The standard InChI is InChI=1S/C23H24N4O3S/c1-14-18(15-5-3-2-4-6-15)19-21(31-14)24-13-27(23(19)30)25-20(28)16-9-11-26(12-10-16)22(29)17-7-8-17/h2-6,13,16-17H,7-12H2,1H3,(H,25,28). The molecule has 1 aliphatic carbocycles. The van der Waals surface area contributed by atoms with Crippen molar-refractivity contribution in [2.24, 2.45) is 11.8 Å². The van der Waals surface area contributed by atoms with Gasteiger partial charge in [0.2, 0.25) is 11.8 Å². The predicted molar refractivity (Wildman–Crippen MR) is 120 cm³/mol. The summed E-state index contributed by atoms with van der Waals surface area (Å²) in [7, 11) is 0. The Morgan fingerprint density at radius 3 is 2.45 bits per heavy atom. The number of aryl methyl sites for hydroxylation is 1. The number of carbonyl (C=O) groups is 2. The molecular formula is C23H24N4O3S. The highest BCUT2D eigenvalue weighted by atomic mass is 32.1. The molecule has 0 spiro atoms. The van der Waals surface area contributed by atoms with Crippen LogP contribution in [0.3, 0.4) is 0 Å². The Morgan fingerprint density at radius 2 is 1.77 bits per heavy atom. The maximum Gasteiger partial charge on any atom is 0.281 e. The Morgan fingerprint density at radius 1 is 1.06 bits per heavy atom. The van der Waals surface area contributed by atoms with Crippen molar-refractivity contribution < 1.29 is 9.59 Å². The number of thiophene rings is 1. The molecule has 1 aromatic carbocycles. The summed E-state index contributed by atoms with van der Waals surface area (Å²) in [6.45, 7) is 3.18. The van der Waals surface area contributed by atoms with Crippen LogP contribution in [0.15, 0.2) is 41.5 Å². The van der Waals surface area contributed by atoms with Crippen molar-refractivity contribution in [2.75, 3.05) is 18.5 Å². The highest BCUT2D eigenvalue weighted by molar-refractivity contribution is 7.19. The van der Waals surface area contributed by atoms with E-state index in [0.29, 0.717) is 36.1 Å². The molecule has 7 nitrogen and oxygen atoms in total. The second-order valence-corrected chi connectivity index (χ2v) is 9.55. The van der Waals surface area contributed by atoms with E-state index < -0.39 is 0 Å². The Bertz CT molecular complexity index is 1200. The van der Waals surface area contributed by atoms with Gasteiger partial charge in [0.15, 0.2) is 0 Å². The average molecular weight is 437 g/mol. The van der Waals surface area contributed by atoms with Gasteiger partial charge in [0.25, 0.3) is 5.56 Å². The van der Waals surface area contributed by atoms with Gasteiger partial charge in [-0.05, 0) is 38.2 Å². The monoisotopic (exact) mass is 436 g/mol. The number of aromatic nitrogens is 2. The summed E-state index contributed by atoms with van der Waals surface area (Å²) in [6, 6.07) is 9.76. The van der Waals surface area contributed by atoms with E-state index in [4.69, 9.17) is 0 Å². The van der Waals surface area contributed by atoms with Crippen molar-refractivity contribution in [3.05, 3.63) is 51.9 Å². The number of piperidine rings is 1. The SMILES string of the molecule is Cc1sc2ncn(NC(=O)C3CCN(C(=O)C4CC4)CC3)c(=O)c2c1-c1ccccc1. The van der Waals surface area contributed by atoms with Crippen LogP contribution in [0.2, 0.25) is 0 Å². The molecule has 2 amide bonds. The van der Waals surface area contributed by atoms with Crippen molar-refractivity contribution in [1.29, 1.82) is 0 Å². The first-order chi connectivity index (χ1) is 15.0. The van der Waals surface area contributed by atoms with E-state index in [9.17, 15) is 14.4 Å². The lowest BCUT2D eigenvalue weighted by Gasteiger charge is -2.31. The number of carbonyl (C=O) groups excluding carboxylic acids is 2. The zero-order valence-corrected chi connectivity index (χ0v) is 18.2. The third-order valence-corrected chi connectivity index (χ3v) is 7.20. The molecule has 0 bridgehead atoms. The van der Waals surface area contributed by atoms with E-state index in [1.165, 1.54) is 22.3 Å². The van der Waals surface area contributed by atoms with E-state index in [2.05, 4.69) is 10.4 Å². The van der Waals surface area contributed by atoms with Crippen LogP contribution in [0.25, 0.3) is 21.3 Å². The van der Waals surface area contributed by atoms with Crippen molar-refractivity contribution >= 4 is 33.4 Å². The van der Waals surface area contributed by atoms with Gasteiger partial charge in [-0.15, -0.1) is 11.3 Å². The summed E-state index contributed by atoms with van der Waals surface area (Å²) in [6.07, 6.45) is 4.59. The lowest BCUT2D eigenvalue weighted by molar-refractivity contribution is -0.135. The number of hydrogen-bond donors (Lipinski definition) is 1. The van der Waals surface area contributed by atoms with Crippen molar-refractivity contribution in [3.8, 4) is 11.1 Å². The molecule has 0 unspecified atom stereocenters. The molecule has 31 heavy (non-hydrogen) atoms. The first-order valence-corrected chi connectivity index (χ1v) is 11.5. The molecule has 1 saturated heterocycles. The summed E-state index contributed by atoms with van der Waals surface area (Å²) in [5, 5.41) is 0.529. The van der Waals surface area contributed by atoms with E-state index in [0.717, 1.165) is 28.8 Å². The first kappa shape index (κ1) is 19.9. The van der Waals surface area contributed by atoms with Gasteiger partial charge in [-0.3, -0.25) is 19.8 Å². The molecule has 160 valence electrons. The van der Waals surface area contributed by atoms with Crippen LogP contribution in [-0.4, -0.2) is 39.5 Å². The van der Waals surface area contributed by atoms with Crippen LogP contribution in [0.4, 0.5) is 0 Å². The molecule has 8 heteroatoms. The van der Waals surface area contributed by atoms with Crippen molar-refractivity contribution in [3.63, 3.8) is 0 Å². The zero-order valence-electron chi connectivity index (χ0n) is 17.3. The summed E-state index contributed by atoms with van der Waals surface area (Å²) < 4.78 is 1.20. The molecule has 2 aliphatic rings. The van der Waals surface area contributed by atoms with Gasteiger partial charge in [0.05, 0.1) is 5.39 Å². The third-order valence-electron chi connectivity index (χ3n) is 6.19. The van der Waals surface area contributed by atoms with Gasteiger partial charge in [0, 0.05) is 35.4 Å². The van der Waals surface area contributed by atoms with Crippen LogP contribution in [0.5, 0.6) is 0 Å². The Balaban J connectivity index is 1.36. The molecule has 1 N–H and O–H groups in total. The van der Waals surface area contributed by atoms with E-state index in [1.807, 2.05) is 42.2 Å². The van der Waals surface area contributed by atoms with E-state index >= 15 is 0 Å². The molecule has 1 aliphatic heterocycles. The molecule has 0 atom stereocenters. The highest BCUT2D eigenvalue weighted by Gasteiger charge is 2.36. The highest BCUT2D eigenvalue weighted by Crippen LogP contribution is 2.35. The van der Waals surface area contributed by atoms with Crippen molar-refractivity contribution in [2.45, 2.75) is 32.6 Å². The lowest BCUT2D eigenvalue weighted by Crippen LogP contribution is -2.44. The van der Waals surface area contributed by atoms with Gasteiger partial charge in [0.1, 0.15) is 11.2 Å². The summed E-state index contributed by atoms with van der Waals surface area (Å²) >= 11 is 1.48. The number of hydrogen-bond acceptors (Lipinski definition) is 5. The lowest BCUT2D eigenvalue weighted by atomic mass is 9.96. The van der Waals surface area contributed by atoms with Crippen LogP contribution < -0.4 is 11.0 Å². The number of benzene rings is 1. The molecule has 5 rings (SSSR count). The molecule has 3 heterocycles. The van der Waals surface area contributed by atoms with Crippen LogP contribution in [0.1, 0.15) is 30.6 Å². The van der Waals surface area contributed by atoms with Gasteiger partial charge >= 0.3 is 0 Å². The van der Waals surface area contributed by atoms with Crippen LogP contribution >= 0.6 is 11.3 Å². The fourth-order valence-corrected chi connectivity index (χ4v) is 5.30. The average Bonchev–Trinajstić information content (AvgIpc) is 3.58. The number of nitrogens with zero attached hydrogens (tertiary/aromatic N) is 3. The number of nitrogens with one attached hydrogen (secondary N) is 1. The van der Waals surface area contributed by atoms with E-state index in [1.54, 1.807) is 0 Å². The van der Waals surface area contributed by atoms with E-state index in [-0.39, 0.29) is 29.2 Å². The molecule has 2 aromatic heterocycles. The Labute approximate surface area is 183 Å². The fraction of sp³-hybridized carbons (Fsp3) is 0.391. The number of fused-ring (bicyclic) bond motifs is 1. The largest absolute Gasteiger partial charge is 0.342 e. The molecule has 1 saturated carbocycles. The molecule has 2 fully saturated rings. The minimum atomic E-state index is -0.275. The van der Waals surface area contributed by atoms with Gasteiger partial charge in [-0.1, -0.05) is 30.3 Å². The Hall–Kier alpha value is -3.00. The fourth-order valence-electron chi connectivity index (χ4n) is 4.30. The molecule has 3 aromatic rings. The quantitative estimate of drug-likeness (QED) is 0.681. The minimum Gasteiger partial charge on any atom is -0.342 e. The van der Waals surface area contributed by atoms with Crippen LogP contribution in [0, 0.1) is 18.8 Å². The van der Waals surface area contributed by atoms with Crippen molar-refractivity contribution in [1.82, 2.24) is 14.6 Å². The second-order valence-electron chi connectivity index (χ2n) is 8.35. The maximum atomic E-state index is 13.2. The second kappa shape index (κ2) is 7.92. The third kappa shape index (κ3) is 3.76. The maximum absolute atomic E-state index is 13.2. The topological polar surface area (TPSA) is 84.3 Å². The molecular weight excluding hydrogens is 412 g/mol. The van der Waals surface area contributed by atoms with Gasteiger partial charge in [-0.25, -0.2) is 9.66 Å². The predicted octanol–water partition coefficient (Wildman–Crippen LogP) is 3.15. The number of rotatable bonds is 4. The summed E-state index contributed by atoms with van der Waals surface area (Å²) in [4.78, 5) is 46.3. The summed E-state index contributed by atoms with van der Waals surface area (Å²) in [5.41, 5.74) is 4.30.